The molecule has 2 aromatic rings. The van der Waals surface area contributed by atoms with Crippen LogP contribution >= 0.6 is 0 Å². The van der Waals surface area contributed by atoms with Crippen LogP contribution in [0, 0.1) is 5.82 Å². The molecule has 0 saturated heterocycles. The molecule has 1 amide bonds. The highest BCUT2D eigenvalue weighted by Gasteiger charge is 2.26. The number of carbonyl (C=O) groups excluding carboxylic acids is 1. The summed E-state index contributed by atoms with van der Waals surface area (Å²) in [6, 6.07) is 5.76. The number of nitrogens with zero attached hydrogens (tertiary/aromatic N) is 2. The van der Waals surface area contributed by atoms with Crippen molar-refractivity contribution in [1.82, 2.24) is 14.9 Å². The van der Waals surface area contributed by atoms with Gasteiger partial charge in [0.1, 0.15) is 29.6 Å². The zero-order valence-corrected chi connectivity index (χ0v) is 15.4. The Balaban J connectivity index is 1.68. The van der Waals surface area contributed by atoms with Crippen LogP contribution in [0.15, 0.2) is 35.3 Å². The van der Waals surface area contributed by atoms with Crippen molar-refractivity contribution in [1.29, 1.82) is 0 Å². The van der Waals surface area contributed by atoms with Gasteiger partial charge in [-0.15, -0.1) is 0 Å². The summed E-state index contributed by atoms with van der Waals surface area (Å²) in [4.78, 5) is 33.7. The summed E-state index contributed by atoms with van der Waals surface area (Å²) in [5.41, 5.74) is -0.421. The highest BCUT2D eigenvalue weighted by atomic mass is 19.1. The van der Waals surface area contributed by atoms with Gasteiger partial charge in [-0.2, -0.15) is 0 Å². The molecule has 7 heteroatoms. The lowest BCUT2D eigenvalue weighted by Gasteiger charge is -2.33. The third-order valence-corrected chi connectivity index (χ3v) is 4.89. The minimum absolute atomic E-state index is 0.0233. The van der Waals surface area contributed by atoms with E-state index < -0.39 is 5.56 Å². The number of carbonyl (C=O) groups is 1. The first-order valence-corrected chi connectivity index (χ1v) is 9.36. The summed E-state index contributed by atoms with van der Waals surface area (Å²) in [6.45, 7) is 2.52. The van der Waals surface area contributed by atoms with Crippen molar-refractivity contribution in [2.45, 2.75) is 51.7 Å². The highest BCUT2D eigenvalue weighted by Crippen LogP contribution is 2.23. The van der Waals surface area contributed by atoms with Crippen LogP contribution in [0.2, 0.25) is 0 Å². The summed E-state index contributed by atoms with van der Waals surface area (Å²) < 4.78 is 18.4. The third-order valence-electron chi connectivity index (χ3n) is 4.89. The van der Waals surface area contributed by atoms with Crippen molar-refractivity contribution in [2.24, 2.45) is 0 Å². The van der Waals surface area contributed by atoms with Gasteiger partial charge in [0.15, 0.2) is 0 Å². The molecule has 0 unspecified atom stereocenters. The minimum Gasteiger partial charge on any atom is -0.486 e. The fourth-order valence-corrected chi connectivity index (χ4v) is 3.46. The van der Waals surface area contributed by atoms with Crippen LogP contribution < -0.4 is 10.3 Å². The predicted octanol–water partition coefficient (Wildman–Crippen LogP) is 3.28. The standard InChI is InChI=1S/C20H24FN3O3/c1-2-24(15-6-4-3-5-7-15)20(26)17-12-22-18(23-19(17)25)13-27-16-10-8-14(21)9-11-16/h8-12,15H,2-7,13H2,1H3,(H,22,23,25). The first kappa shape index (κ1) is 19.1. The molecule has 0 radical (unpaired) electrons. The zero-order valence-electron chi connectivity index (χ0n) is 15.4. The molecule has 0 spiro atoms. The van der Waals surface area contributed by atoms with Crippen molar-refractivity contribution in [2.75, 3.05) is 6.54 Å². The Morgan fingerprint density at radius 3 is 2.59 bits per heavy atom. The van der Waals surface area contributed by atoms with Gasteiger partial charge in [0, 0.05) is 18.8 Å². The fraction of sp³-hybridized carbons (Fsp3) is 0.450. The van der Waals surface area contributed by atoms with Crippen LogP contribution in [-0.2, 0) is 6.61 Å². The van der Waals surface area contributed by atoms with E-state index in [-0.39, 0.29) is 29.9 Å². The summed E-state index contributed by atoms with van der Waals surface area (Å²) >= 11 is 0. The van der Waals surface area contributed by atoms with E-state index in [2.05, 4.69) is 9.97 Å². The SMILES string of the molecule is CCN(C(=O)c1cnc(COc2ccc(F)cc2)[nH]c1=O)C1CCCCC1. The van der Waals surface area contributed by atoms with Crippen LogP contribution in [-0.4, -0.2) is 33.4 Å². The normalized spacial score (nSPS) is 14.7. The second kappa shape index (κ2) is 8.79. The van der Waals surface area contributed by atoms with Gasteiger partial charge in [0.05, 0.1) is 0 Å². The molecule has 1 aliphatic carbocycles. The number of ether oxygens (including phenoxy) is 1. The van der Waals surface area contributed by atoms with E-state index in [9.17, 15) is 14.0 Å². The van der Waals surface area contributed by atoms with Crippen molar-refractivity contribution in [3.05, 3.63) is 58.0 Å². The van der Waals surface area contributed by atoms with Gasteiger partial charge in [0.25, 0.3) is 11.5 Å². The number of aromatic nitrogens is 2. The molecule has 0 aliphatic heterocycles. The molecule has 1 saturated carbocycles. The Bertz CT molecular complexity index is 829. The summed E-state index contributed by atoms with van der Waals surface area (Å²) in [6.07, 6.45) is 6.71. The average Bonchev–Trinajstić information content (AvgIpc) is 2.69. The Morgan fingerprint density at radius 1 is 1.26 bits per heavy atom. The molecule has 1 fully saturated rings. The van der Waals surface area contributed by atoms with Crippen LogP contribution in [0.1, 0.15) is 55.2 Å². The Kier molecular flexibility index (Phi) is 6.21. The van der Waals surface area contributed by atoms with Gasteiger partial charge in [-0.1, -0.05) is 19.3 Å². The molecule has 144 valence electrons. The molecular weight excluding hydrogens is 349 g/mol. The van der Waals surface area contributed by atoms with Gasteiger partial charge in [0.2, 0.25) is 0 Å². The maximum Gasteiger partial charge on any atom is 0.263 e. The monoisotopic (exact) mass is 373 g/mol. The number of rotatable bonds is 6. The summed E-state index contributed by atoms with van der Waals surface area (Å²) in [5, 5.41) is 0. The molecule has 1 aromatic carbocycles. The van der Waals surface area contributed by atoms with Gasteiger partial charge in [-0.25, -0.2) is 9.37 Å². The molecule has 3 rings (SSSR count). The van der Waals surface area contributed by atoms with Gasteiger partial charge in [-0.05, 0) is 44.0 Å². The molecule has 0 atom stereocenters. The lowest BCUT2D eigenvalue weighted by atomic mass is 9.94. The van der Waals surface area contributed by atoms with E-state index in [0.29, 0.717) is 18.1 Å². The number of H-pyrrole nitrogens is 1. The number of hydrogen-bond donors (Lipinski definition) is 1. The average molecular weight is 373 g/mol. The maximum atomic E-state index is 12.9. The maximum absolute atomic E-state index is 12.9. The van der Waals surface area contributed by atoms with Crippen LogP contribution in [0.25, 0.3) is 0 Å². The molecule has 1 aliphatic rings. The number of benzene rings is 1. The fourth-order valence-electron chi connectivity index (χ4n) is 3.46. The summed E-state index contributed by atoms with van der Waals surface area (Å²) in [5.74, 6) is 0.148. The molecular formula is C20H24FN3O3. The first-order chi connectivity index (χ1) is 13.1. The minimum atomic E-state index is -0.470. The number of aromatic amines is 1. The molecule has 27 heavy (non-hydrogen) atoms. The zero-order chi connectivity index (χ0) is 19.2. The van der Waals surface area contributed by atoms with E-state index in [1.54, 1.807) is 4.90 Å². The van der Waals surface area contributed by atoms with Crippen molar-refractivity contribution in [3.8, 4) is 5.75 Å². The quantitative estimate of drug-likeness (QED) is 0.843. The third kappa shape index (κ3) is 4.72. The molecule has 1 N–H and O–H groups in total. The van der Waals surface area contributed by atoms with Crippen LogP contribution in [0.5, 0.6) is 5.75 Å². The lowest BCUT2D eigenvalue weighted by Crippen LogP contribution is -2.43. The van der Waals surface area contributed by atoms with E-state index in [1.807, 2.05) is 6.92 Å². The molecule has 6 nitrogen and oxygen atoms in total. The number of nitrogens with one attached hydrogen (secondary N) is 1. The molecule has 0 bridgehead atoms. The van der Waals surface area contributed by atoms with E-state index in [0.717, 1.165) is 25.7 Å². The largest absolute Gasteiger partial charge is 0.486 e. The number of hydrogen-bond acceptors (Lipinski definition) is 4. The van der Waals surface area contributed by atoms with E-state index in [4.69, 9.17) is 4.74 Å². The topological polar surface area (TPSA) is 75.3 Å². The Hall–Kier alpha value is -2.70. The van der Waals surface area contributed by atoms with Crippen LogP contribution in [0.4, 0.5) is 4.39 Å². The second-order valence-electron chi connectivity index (χ2n) is 6.70. The first-order valence-electron chi connectivity index (χ1n) is 9.36. The van der Waals surface area contributed by atoms with Crippen molar-refractivity contribution < 1.29 is 13.9 Å². The number of halogens is 1. The Labute approximate surface area is 157 Å². The van der Waals surface area contributed by atoms with Crippen LogP contribution in [0.3, 0.4) is 0 Å². The van der Waals surface area contributed by atoms with Gasteiger partial charge >= 0.3 is 0 Å². The lowest BCUT2D eigenvalue weighted by molar-refractivity contribution is 0.0645. The second-order valence-corrected chi connectivity index (χ2v) is 6.70. The van der Waals surface area contributed by atoms with Crippen molar-refractivity contribution >= 4 is 5.91 Å². The van der Waals surface area contributed by atoms with Gasteiger partial charge < -0.3 is 14.6 Å². The van der Waals surface area contributed by atoms with E-state index in [1.165, 1.54) is 36.9 Å². The predicted molar refractivity (Wildman–Crippen MR) is 99.2 cm³/mol. The Morgan fingerprint density at radius 2 is 1.96 bits per heavy atom. The smallest absolute Gasteiger partial charge is 0.263 e. The molecule has 1 aromatic heterocycles. The highest BCUT2D eigenvalue weighted by molar-refractivity contribution is 5.93. The summed E-state index contributed by atoms with van der Waals surface area (Å²) in [7, 11) is 0. The van der Waals surface area contributed by atoms with E-state index >= 15 is 0 Å². The molecule has 1 heterocycles. The van der Waals surface area contributed by atoms with Gasteiger partial charge in [-0.3, -0.25) is 9.59 Å². The number of amides is 1. The van der Waals surface area contributed by atoms with Crippen molar-refractivity contribution in [3.63, 3.8) is 0 Å².